The number of carbonyl (C=O) groups is 2. The predicted octanol–water partition coefficient (Wildman–Crippen LogP) is 0.339. The van der Waals surface area contributed by atoms with Gasteiger partial charge in [-0.15, -0.1) is 0 Å². The van der Waals surface area contributed by atoms with Crippen molar-refractivity contribution in [2.45, 2.75) is 46.2 Å². The zero-order valence-corrected chi connectivity index (χ0v) is 9.70. The molecule has 88 valence electrons. The summed E-state index contributed by atoms with van der Waals surface area (Å²) < 4.78 is 0. The summed E-state index contributed by atoms with van der Waals surface area (Å²) in [5.74, 6) is -1.25. The van der Waals surface area contributed by atoms with Crippen LogP contribution in [0.5, 0.6) is 0 Å². The molecule has 2 atom stereocenters. The standard InChI is InChI=1S/C10H20N2O3/c1-6(11)9(15)12-7(5-8(13)14)10(2,3)4/h6-7H,5,11H2,1-4H3,(H,12,15)(H,13,14)/t6-,7?/m1/s1. The van der Waals surface area contributed by atoms with Crippen molar-refractivity contribution in [3.05, 3.63) is 0 Å². The Morgan fingerprint density at radius 2 is 1.87 bits per heavy atom. The van der Waals surface area contributed by atoms with Crippen LogP contribution in [-0.2, 0) is 9.59 Å². The van der Waals surface area contributed by atoms with E-state index < -0.39 is 18.1 Å². The van der Waals surface area contributed by atoms with Crippen molar-refractivity contribution in [1.82, 2.24) is 5.32 Å². The van der Waals surface area contributed by atoms with Gasteiger partial charge < -0.3 is 16.2 Å². The first-order valence-electron chi connectivity index (χ1n) is 4.92. The quantitative estimate of drug-likeness (QED) is 0.631. The average molecular weight is 216 g/mol. The van der Waals surface area contributed by atoms with Gasteiger partial charge in [0.15, 0.2) is 0 Å². The van der Waals surface area contributed by atoms with E-state index in [1.165, 1.54) is 0 Å². The lowest BCUT2D eigenvalue weighted by molar-refractivity contribution is -0.138. The van der Waals surface area contributed by atoms with Crippen molar-refractivity contribution >= 4 is 11.9 Å². The highest BCUT2D eigenvalue weighted by Crippen LogP contribution is 2.21. The fourth-order valence-electron chi connectivity index (χ4n) is 1.05. The van der Waals surface area contributed by atoms with Crippen LogP contribution in [0.25, 0.3) is 0 Å². The first kappa shape index (κ1) is 13.9. The van der Waals surface area contributed by atoms with Gasteiger partial charge in [-0.2, -0.15) is 0 Å². The highest BCUT2D eigenvalue weighted by molar-refractivity contribution is 5.82. The van der Waals surface area contributed by atoms with E-state index in [1.807, 2.05) is 20.8 Å². The molecule has 0 saturated heterocycles. The minimum atomic E-state index is -0.931. The Morgan fingerprint density at radius 3 is 2.13 bits per heavy atom. The second-order valence-corrected chi connectivity index (χ2v) is 4.81. The number of hydrogen-bond donors (Lipinski definition) is 3. The van der Waals surface area contributed by atoms with Crippen LogP contribution in [0.2, 0.25) is 0 Å². The zero-order valence-electron chi connectivity index (χ0n) is 9.70. The summed E-state index contributed by atoms with van der Waals surface area (Å²) in [4.78, 5) is 22.0. The molecular formula is C10H20N2O3. The minimum Gasteiger partial charge on any atom is -0.481 e. The van der Waals surface area contributed by atoms with E-state index in [2.05, 4.69) is 5.32 Å². The molecule has 0 saturated carbocycles. The van der Waals surface area contributed by atoms with Gasteiger partial charge in [0.2, 0.25) is 5.91 Å². The van der Waals surface area contributed by atoms with Crippen molar-refractivity contribution in [1.29, 1.82) is 0 Å². The van der Waals surface area contributed by atoms with Crippen LogP contribution in [0.15, 0.2) is 0 Å². The van der Waals surface area contributed by atoms with Crippen LogP contribution >= 0.6 is 0 Å². The molecule has 0 aromatic heterocycles. The van der Waals surface area contributed by atoms with Crippen LogP contribution < -0.4 is 11.1 Å². The Hall–Kier alpha value is -1.10. The number of hydrogen-bond acceptors (Lipinski definition) is 3. The SMILES string of the molecule is C[C@@H](N)C(=O)NC(CC(=O)O)C(C)(C)C. The molecule has 0 aliphatic heterocycles. The first-order chi connectivity index (χ1) is 6.64. The van der Waals surface area contributed by atoms with Crippen LogP contribution in [-0.4, -0.2) is 29.1 Å². The third kappa shape index (κ3) is 5.37. The van der Waals surface area contributed by atoms with Crippen molar-refractivity contribution in [3.63, 3.8) is 0 Å². The number of carboxylic acid groups (broad SMARTS) is 1. The smallest absolute Gasteiger partial charge is 0.305 e. The fraction of sp³-hybridized carbons (Fsp3) is 0.800. The highest BCUT2D eigenvalue weighted by Gasteiger charge is 2.28. The molecule has 0 radical (unpaired) electrons. The molecule has 0 aromatic rings. The van der Waals surface area contributed by atoms with Crippen molar-refractivity contribution < 1.29 is 14.7 Å². The Morgan fingerprint density at radius 1 is 1.40 bits per heavy atom. The van der Waals surface area contributed by atoms with Crippen LogP contribution in [0, 0.1) is 5.41 Å². The van der Waals surface area contributed by atoms with Crippen LogP contribution in [0.4, 0.5) is 0 Å². The Labute approximate surface area is 90.0 Å². The van der Waals surface area contributed by atoms with Crippen molar-refractivity contribution in [3.8, 4) is 0 Å². The summed E-state index contributed by atoms with van der Waals surface area (Å²) in [5.41, 5.74) is 5.10. The maximum atomic E-state index is 11.4. The lowest BCUT2D eigenvalue weighted by atomic mass is 9.84. The summed E-state index contributed by atoms with van der Waals surface area (Å²) in [6.07, 6.45) is -0.0953. The van der Waals surface area contributed by atoms with Gasteiger partial charge in [-0.3, -0.25) is 9.59 Å². The summed E-state index contributed by atoms with van der Waals surface area (Å²) in [6, 6.07) is -1.03. The molecule has 0 aliphatic carbocycles. The number of carbonyl (C=O) groups excluding carboxylic acids is 1. The van der Waals surface area contributed by atoms with Crippen LogP contribution in [0.3, 0.4) is 0 Å². The number of carboxylic acids is 1. The Bertz CT molecular complexity index is 244. The maximum absolute atomic E-state index is 11.4. The monoisotopic (exact) mass is 216 g/mol. The van der Waals surface area contributed by atoms with Gasteiger partial charge in [-0.05, 0) is 12.3 Å². The Kier molecular flexibility index (Phi) is 4.74. The van der Waals surface area contributed by atoms with Gasteiger partial charge in [0.05, 0.1) is 12.5 Å². The molecule has 5 heteroatoms. The minimum absolute atomic E-state index is 0.0953. The molecule has 0 aromatic carbocycles. The normalized spacial score (nSPS) is 15.5. The number of nitrogens with two attached hydrogens (primary N) is 1. The maximum Gasteiger partial charge on any atom is 0.305 e. The predicted molar refractivity (Wildman–Crippen MR) is 57.3 cm³/mol. The van der Waals surface area contributed by atoms with E-state index in [-0.39, 0.29) is 17.7 Å². The average Bonchev–Trinajstić information content (AvgIpc) is 2.00. The van der Waals surface area contributed by atoms with E-state index in [1.54, 1.807) is 6.92 Å². The molecule has 0 heterocycles. The third-order valence-electron chi connectivity index (χ3n) is 2.15. The summed E-state index contributed by atoms with van der Waals surface area (Å²) in [5, 5.41) is 11.4. The molecule has 0 spiro atoms. The van der Waals surface area contributed by atoms with Gasteiger partial charge in [0, 0.05) is 6.04 Å². The summed E-state index contributed by atoms with van der Waals surface area (Å²) in [6.45, 7) is 7.20. The summed E-state index contributed by atoms with van der Waals surface area (Å²) >= 11 is 0. The molecule has 4 N–H and O–H groups in total. The lowest BCUT2D eigenvalue weighted by Crippen LogP contribution is -2.49. The molecule has 0 bridgehead atoms. The van der Waals surface area contributed by atoms with Gasteiger partial charge >= 0.3 is 5.97 Å². The molecule has 0 aliphatic rings. The number of aliphatic carboxylic acids is 1. The van der Waals surface area contributed by atoms with Crippen molar-refractivity contribution in [2.75, 3.05) is 0 Å². The Balaban J connectivity index is 4.52. The van der Waals surface area contributed by atoms with Gasteiger partial charge in [0.25, 0.3) is 0 Å². The summed E-state index contributed by atoms with van der Waals surface area (Å²) in [7, 11) is 0. The van der Waals surface area contributed by atoms with Gasteiger partial charge in [0.1, 0.15) is 0 Å². The largest absolute Gasteiger partial charge is 0.481 e. The van der Waals surface area contributed by atoms with E-state index in [0.29, 0.717) is 0 Å². The highest BCUT2D eigenvalue weighted by atomic mass is 16.4. The lowest BCUT2D eigenvalue weighted by Gasteiger charge is -2.30. The fourth-order valence-corrected chi connectivity index (χ4v) is 1.05. The molecule has 0 fully saturated rings. The van der Waals surface area contributed by atoms with E-state index >= 15 is 0 Å². The molecule has 1 unspecified atom stereocenters. The first-order valence-corrected chi connectivity index (χ1v) is 4.92. The second-order valence-electron chi connectivity index (χ2n) is 4.81. The molecule has 0 rings (SSSR count). The van der Waals surface area contributed by atoms with Crippen molar-refractivity contribution in [2.24, 2.45) is 11.1 Å². The van der Waals surface area contributed by atoms with Crippen LogP contribution in [0.1, 0.15) is 34.1 Å². The van der Waals surface area contributed by atoms with Gasteiger partial charge in [-0.25, -0.2) is 0 Å². The molecule has 1 amide bonds. The van der Waals surface area contributed by atoms with E-state index in [9.17, 15) is 9.59 Å². The van der Waals surface area contributed by atoms with E-state index in [4.69, 9.17) is 10.8 Å². The molecule has 15 heavy (non-hydrogen) atoms. The van der Waals surface area contributed by atoms with E-state index in [0.717, 1.165) is 0 Å². The van der Waals surface area contributed by atoms with Gasteiger partial charge in [-0.1, -0.05) is 20.8 Å². The third-order valence-corrected chi connectivity index (χ3v) is 2.15. The number of nitrogens with one attached hydrogen (secondary N) is 1. The number of rotatable bonds is 4. The molecular weight excluding hydrogens is 196 g/mol. The zero-order chi connectivity index (χ0) is 12.2. The topological polar surface area (TPSA) is 92.4 Å². The molecule has 5 nitrogen and oxygen atoms in total. The second kappa shape index (κ2) is 5.11. The number of amides is 1.